The van der Waals surface area contributed by atoms with Crippen molar-refractivity contribution < 1.29 is 37.1 Å². The standard InChI is InChI=1S/C37H52N6O8S/c1-7-24-18-37(24,32(46)41-52(49,50)26-14-15-26)39-30(44)28-17-25-20-43(28)31(45)29(35(2,3)4)38-33(47)40-36(5,6)16-9-8-11-22-12-10-13-23-19-42(21-27(22)23)34(48)51-25/h7,10,12-13,24-26,28-29H,1,8-9,11,14-21H2,2-6H3,(H,39,44)(H,41,46)(H2,38,40,47)/t24-,25-,28+,29-,37-/m1/s1. The van der Waals surface area contributed by atoms with Gasteiger partial charge in [0, 0.05) is 31.0 Å². The minimum absolute atomic E-state index is 0.0672. The van der Waals surface area contributed by atoms with E-state index in [1.807, 2.05) is 26.0 Å². The summed E-state index contributed by atoms with van der Waals surface area (Å²) in [5, 5.41) is 8.00. The summed E-state index contributed by atoms with van der Waals surface area (Å²) in [7, 11) is -3.90. The zero-order valence-electron chi connectivity index (χ0n) is 30.8. The predicted octanol–water partition coefficient (Wildman–Crippen LogP) is 3.00. The van der Waals surface area contributed by atoms with Gasteiger partial charge < -0.3 is 25.6 Å². The monoisotopic (exact) mass is 740 g/mol. The molecule has 0 aromatic heterocycles. The van der Waals surface area contributed by atoms with E-state index in [9.17, 15) is 32.4 Å². The van der Waals surface area contributed by atoms with Crippen LogP contribution in [0.25, 0.3) is 0 Å². The van der Waals surface area contributed by atoms with E-state index in [0.717, 1.165) is 36.0 Å². The van der Waals surface area contributed by atoms with Crippen molar-refractivity contribution in [2.75, 3.05) is 6.54 Å². The number of carbonyl (C=O) groups is 5. The molecule has 3 aliphatic heterocycles. The van der Waals surface area contributed by atoms with Gasteiger partial charge in [-0.3, -0.25) is 24.0 Å². The molecule has 2 aliphatic carbocycles. The second-order valence-electron chi connectivity index (χ2n) is 16.8. The fourth-order valence-corrected chi connectivity index (χ4v) is 9.06. The molecule has 4 bridgehead atoms. The molecule has 5 atom stereocenters. The molecule has 52 heavy (non-hydrogen) atoms. The van der Waals surface area contributed by atoms with Crippen LogP contribution in [-0.4, -0.2) is 89.1 Å². The van der Waals surface area contributed by atoms with Crippen molar-refractivity contribution >= 4 is 39.9 Å². The van der Waals surface area contributed by atoms with Crippen molar-refractivity contribution in [3.63, 3.8) is 0 Å². The Labute approximate surface area is 305 Å². The van der Waals surface area contributed by atoms with Crippen LogP contribution in [0.15, 0.2) is 30.9 Å². The maximum Gasteiger partial charge on any atom is 0.410 e. The Morgan fingerprint density at radius 2 is 1.79 bits per heavy atom. The first-order valence-electron chi connectivity index (χ1n) is 18.3. The number of nitrogens with zero attached hydrogens (tertiary/aromatic N) is 2. The van der Waals surface area contributed by atoms with Gasteiger partial charge in [0.15, 0.2) is 0 Å². The Bertz CT molecular complexity index is 1770. The van der Waals surface area contributed by atoms with Gasteiger partial charge in [0.1, 0.15) is 23.7 Å². The second-order valence-corrected chi connectivity index (χ2v) is 18.8. The number of rotatable bonds is 6. The molecule has 14 nitrogen and oxygen atoms in total. The molecule has 3 fully saturated rings. The number of benzene rings is 1. The number of hydrogen-bond acceptors (Lipinski definition) is 8. The topological polar surface area (TPSA) is 183 Å². The van der Waals surface area contributed by atoms with Crippen molar-refractivity contribution in [1.29, 1.82) is 0 Å². The summed E-state index contributed by atoms with van der Waals surface area (Å²) < 4.78 is 33.5. The van der Waals surface area contributed by atoms with Gasteiger partial charge in [-0.15, -0.1) is 6.58 Å². The molecular weight excluding hydrogens is 689 g/mol. The van der Waals surface area contributed by atoms with Crippen molar-refractivity contribution in [2.24, 2.45) is 11.3 Å². The molecular formula is C37H52N6O8S. The van der Waals surface area contributed by atoms with E-state index in [4.69, 9.17) is 4.74 Å². The van der Waals surface area contributed by atoms with E-state index in [0.29, 0.717) is 32.4 Å². The normalized spacial score (nSPS) is 29.4. The van der Waals surface area contributed by atoms with Gasteiger partial charge in [-0.2, -0.15) is 0 Å². The van der Waals surface area contributed by atoms with Crippen LogP contribution in [-0.2, 0) is 48.7 Å². The smallest absolute Gasteiger partial charge is 0.410 e. The zero-order chi connectivity index (χ0) is 37.8. The van der Waals surface area contributed by atoms with Gasteiger partial charge in [-0.1, -0.05) is 51.5 Å². The predicted molar refractivity (Wildman–Crippen MR) is 192 cm³/mol. The lowest BCUT2D eigenvalue weighted by molar-refractivity contribution is -0.142. The molecule has 1 saturated heterocycles. The summed E-state index contributed by atoms with van der Waals surface area (Å²) in [5.74, 6) is -2.64. The summed E-state index contributed by atoms with van der Waals surface area (Å²) >= 11 is 0. The molecule has 1 aromatic rings. The SMILES string of the molecule is C=C[C@@H]1C[C@]1(NC(=O)[C@@H]1C[C@@H]2CN1C(=O)[C@H](C(C)(C)C)NC(=O)NC(C)(C)CCCCc1cccc3c1CN(C3)C(=O)O2)C(=O)NS(=O)(=O)C1CC1. The molecule has 4 N–H and O–H groups in total. The van der Waals surface area contributed by atoms with E-state index in [1.54, 1.807) is 25.7 Å². The number of amides is 6. The van der Waals surface area contributed by atoms with Gasteiger partial charge in [0.05, 0.1) is 11.8 Å². The highest BCUT2D eigenvalue weighted by Gasteiger charge is 2.62. The van der Waals surface area contributed by atoms with Gasteiger partial charge in [-0.25, -0.2) is 18.0 Å². The number of nitrogens with one attached hydrogen (secondary N) is 4. The molecule has 3 heterocycles. The summed E-state index contributed by atoms with van der Waals surface area (Å²) in [6.45, 7) is 13.7. The molecule has 0 spiro atoms. The molecule has 284 valence electrons. The molecule has 6 rings (SSSR count). The third kappa shape index (κ3) is 7.79. The number of urea groups is 1. The average Bonchev–Trinajstić information content (AvgIpc) is 3.94. The molecule has 5 aliphatic rings. The third-order valence-corrected chi connectivity index (χ3v) is 12.9. The number of fused-ring (bicyclic) bond motifs is 3. The first-order valence-corrected chi connectivity index (χ1v) is 19.8. The first-order chi connectivity index (χ1) is 24.3. The maximum atomic E-state index is 14.5. The Kier molecular flexibility index (Phi) is 9.90. The second kappa shape index (κ2) is 13.7. The van der Waals surface area contributed by atoms with Crippen LogP contribution in [0.3, 0.4) is 0 Å². The lowest BCUT2D eigenvalue weighted by atomic mass is 9.85. The molecule has 6 amide bonds. The summed E-state index contributed by atoms with van der Waals surface area (Å²) in [5.41, 5.74) is 0.358. The highest BCUT2D eigenvalue weighted by molar-refractivity contribution is 7.91. The Balaban J connectivity index is 1.29. The minimum atomic E-state index is -3.90. The number of aryl methyl sites for hydroxylation is 1. The van der Waals surface area contributed by atoms with E-state index < -0.39 is 85.7 Å². The lowest BCUT2D eigenvalue weighted by Gasteiger charge is -2.36. The van der Waals surface area contributed by atoms with Gasteiger partial charge in [-0.05, 0) is 74.5 Å². The average molecular weight is 741 g/mol. The van der Waals surface area contributed by atoms with Gasteiger partial charge >= 0.3 is 12.1 Å². The molecule has 0 unspecified atom stereocenters. The minimum Gasteiger partial charge on any atom is -0.444 e. The van der Waals surface area contributed by atoms with Crippen molar-refractivity contribution in [3.05, 3.63) is 47.5 Å². The summed E-state index contributed by atoms with van der Waals surface area (Å²) in [6, 6.07) is 3.27. The van der Waals surface area contributed by atoms with E-state index in [-0.39, 0.29) is 19.4 Å². The van der Waals surface area contributed by atoms with Crippen molar-refractivity contribution in [3.8, 4) is 0 Å². The first kappa shape index (κ1) is 37.6. The van der Waals surface area contributed by atoms with Crippen molar-refractivity contribution in [2.45, 2.75) is 134 Å². The highest BCUT2D eigenvalue weighted by atomic mass is 32.2. The van der Waals surface area contributed by atoms with Crippen LogP contribution in [0.1, 0.15) is 96.3 Å². The van der Waals surface area contributed by atoms with E-state index in [2.05, 4.69) is 33.3 Å². The number of ether oxygens (including phenoxy) is 1. The van der Waals surface area contributed by atoms with E-state index in [1.165, 1.54) is 11.0 Å². The van der Waals surface area contributed by atoms with Crippen LogP contribution in [0, 0.1) is 11.3 Å². The molecule has 2 saturated carbocycles. The van der Waals surface area contributed by atoms with Crippen LogP contribution < -0.4 is 20.7 Å². The molecule has 0 radical (unpaired) electrons. The van der Waals surface area contributed by atoms with Gasteiger partial charge in [0.2, 0.25) is 21.8 Å². The number of sulfonamides is 1. The third-order valence-electron chi connectivity index (χ3n) is 11.0. The van der Waals surface area contributed by atoms with Crippen molar-refractivity contribution in [1.82, 2.24) is 30.5 Å². The fourth-order valence-electron chi connectivity index (χ4n) is 7.70. The Morgan fingerprint density at radius 3 is 2.44 bits per heavy atom. The zero-order valence-corrected chi connectivity index (χ0v) is 31.6. The Hall–Kier alpha value is -4.14. The highest BCUT2D eigenvalue weighted by Crippen LogP contribution is 2.45. The van der Waals surface area contributed by atoms with Crippen LogP contribution >= 0.6 is 0 Å². The summed E-state index contributed by atoms with van der Waals surface area (Å²) in [6.07, 6.45) is 4.27. The number of carbonyl (C=O) groups excluding carboxylic acids is 5. The molecule has 1 aromatic carbocycles. The maximum absolute atomic E-state index is 14.5. The van der Waals surface area contributed by atoms with E-state index >= 15 is 0 Å². The Morgan fingerprint density at radius 1 is 1.08 bits per heavy atom. The van der Waals surface area contributed by atoms with Gasteiger partial charge in [0.25, 0.3) is 5.91 Å². The van der Waals surface area contributed by atoms with Crippen LogP contribution in [0.5, 0.6) is 0 Å². The van der Waals surface area contributed by atoms with Crippen LogP contribution in [0.4, 0.5) is 9.59 Å². The summed E-state index contributed by atoms with van der Waals surface area (Å²) in [4.78, 5) is 72.2. The number of hydrogen-bond donors (Lipinski definition) is 4. The molecule has 15 heteroatoms. The largest absolute Gasteiger partial charge is 0.444 e. The lowest BCUT2D eigenvalue weighted by Crippen LogP contribution is -2.62. The quantitative estimate of drug-likeness (QED) is 0.321. The fraction of sp³-hybridized carbons (Fsp3) is 0.649. The van der Waals surface area contributed by atoms with Crippen LogP contribution in [0.2, 0.25) is 0 Å².